The summed E-state index contributed by atoms with van der Waals surface area (Å²) in [6.07, 6.45) is 2.23. The number of anilines is 2. The molecule has 6 N–H and O–H groups in total. The summed E-state index contributed by atoms with van der Waals surface area (Å²) in [5.74, 6) is -0.933. The van der Waals surface area contributed by atoms with Crippen LogP contribution < -0.4 is 11.5 Å². The molecule has 0 aromatic heterocycles. The van der Waals surface area contributed by atoms with Crippen molar-refractivity contribution in [2.45, 2.75) is 0 Å². The number of ether oxygens (including phenoxy) is 1. The quantitative estimate of drug-likeness (QED) is 0.147. The van der Waals surface area contributed by atoms with E-state index in [4.69, 9.17) is 26.4 Å². The maximum Gasteiger partial charge on any atom is 0.338 e. The first-order valence-corrected chi connectivity index (χ1v) is 16.3. The van der Waals surface area contributed by atoms with Crippen molar-refractivity contribution in [2.75, 3.05) is 48.7 Å². The first-order valence-electron chi connectivity index (χ1n) is 9.55. The molecule has 0 aliphatic heterocycles. The lowest BCUT2D eigenvalue weighted by atomic mass is 10.2. The Morgan fingerprint density at radius 2 is 1.20 bits per heavy atom. The van der Waals surface area contributed by atoms with Gasteiger partial charge in [-0.25, -0.2) is 26.4 Å². The van der Waals surface area contributed by atoms with Crippen LogP contribution >= 0.6 is 21.6 Å². The van der Waals surface area contributed by atoms with Crippen LogP contribution in [0.3, 0.4) is 0 Å². The summed E-state index contributed by atoms with van der Waals surface area (Å²) in [6, 6.07) is 12.4. The predicted molar refractivity (Wildman–Crippen MR) is 141 cm³/mol. The van der Waals surface area contributed by atoms with Gasteiger partial charge in [0.1, 0.15) is 6.61 Å². The number of aliphatic hydroxyl groups excluding tert-OH is 1. The third-order valence-electron chi connectivity index (χ3n) is 3.31. The third kappa shape index (κ3) is 18.5. The number of carbonyl (C=O) groups is 2. The van der Waals surface area contributed by atoms with Gasteiger partial charge in [-0.2, -0.15) is 0 Å². The maximum atomic E-state index is 11.5. The molecule has 0 atom stereocenters. The van der Waals surface area contributed by atoms with Crippen LogP contribution in [-0.4, -0.2) is 76.2 Å². The Kier molecular flexibility index (Phi) is 15.1. The lowest BCUT2D eigenvalue weighted by molar-refractivity contribution is 0.0530. The van der Waals surface area contributed by atoms with Crippen molar-refractivity contribution >= 4 is 62.6 Å². The van der Waals surface area contributed by atoms with Crippen LogP contribution in [0.2, 0.25) is 0 Å². The molecule has 2 aromatic rings. The number of hydrogen-bond acceptors (Lipinski definition) is 12. The van der Waals surface area contributed by atoms with E-state index in [0.29, 0.717) is 16.9 Å². The molecule has 0 amide bonds. The Morgan fingerprint density at radius 3 is 1.54 bits per heavy atom. The van der Waals surface area contributed by atoms with Gasteiger partial charge in [-0.3, -0.25) is 0 Å². The highest BCUT2D eigenvalue weighted by atomic mass is 33.1. The molecule has 0 aliphatic rings. The Hall–Kier alpha value is -2.46. The molecule has 0 aliphatic carbocycles. The normalized spacial score (nSPS) is 10.7. The average Bonchev–Trinajstić information content (AvgIpc) is 2.76. The fraction of sp³-hybridized carbons (Fsp3) is 0.300. The molecule has 0 unspecified atom stereocenters. The van der Waals surface area contributed by atoms with Crippen LogP contribution in [0.4, 0.5) is 11.4 Å². The summed E-state index contributed by atoms with van der Waals surface area (Å²) in [5.41, 5.74) is 12.6. The number of benzene rings is 2. The summed E-state index contributed by atoms with van der Waals surface area (Å²) in [4.78, 5) is 21.7. The summed E-state index contributed by atoms with van der Waals surface area (Å²) >= 11 is 0. The van der Waals surface area contributed by atoms with Crippen LogP contribution in [0.5, 0.6) is 0 Å². The minimum absolute atomic E-state index is 0.0565. The van der Waals surface area contributed by atoms with E-state index in [2.05, 4.69) is 0 Å². The first kappa shape index (κ1) is 32.5. The zero-order valence-electron chi connectivity index (χ0n) is 19.0. The Bertz CT molecular complexity index is 1140. The van der Waals surface area contributed by atoms with Crippen LogP contribution in [0.25, 0.3) is 0 Å². The largest absolute Gasteiger partial charge is 0.478 e. The second-order valence-corrected chi connectivity index (χ2v) is 15.6. The smallest absolute Gasteiger partial charge is 0.338 e. The van der Waals surface area contributed by atoms with E-state index in [1.54, 1.807) is 36.4 Å². The molecule has 0 saturated carbocycles. The topological polar surface area (TPSA) is 204 Å². The van der Waals surface area contributed by atoms with Gasteiger partial charge in [0.05, 0.1) is 17.7 Å². The molecule has 15 heteroatoms. The van der Waals surface area contributed by atoms with E-state index in [1.807, 2.05) is 0 Å². The van der Waals surface area contributed by atoms with Crippen molar-refractivity contribution in [1.82, 2.24) is 0 Å². The van der Waals surface area contributed by atoms with E-state index in [0.717, 1.165) is 34.1 Å². The molecule has 196 valence electrons. The number of aliphatic hydroxyl groups is 1. The molecule has 0 fully saturated rings. The highest BCUT2D eigenvalue weighted by Crippen LogP contribution is 2.11. The minimum Gasteiger partial charge on any atom is -0.478 e. The summed E-state index contributed by atoms with van der Waals surface area (Å²) in [5, 5.41) is 16.6. The highest BCUT2D eigenvalue weighted by molar-refractivity contribution is 8.72. The van der Waals surface area contributed by atoms with Gasteiger partial charge in [0.25, 0.3) is 0 Å². The summed E-state index contributed by atoms with van der Waals surface area (Å²) in [6.45, 7) is -0.0291. The van der Waals surface area contributed by atoms with Gasteiger partial charge in [-0.05, 0) is 70.1 Å². The van der Waals surface area contributed by atoms with Gasteiger partial charge in [0, 0.05) is 35.4 Å². The predicted octanol–water partition coefficient (Wildman–Crippen LogP) is 1.76. The Labute approximate surface area is 211 Å². The van der Waals surface area contributed by atoms with E-state index in [9.17, 15) is 26.4 Å². The number of hydrogen-bond donors (Lipinski definition) is 4. The van der Waals surface area contributed by atoms with E-state index in [1.165, 1.54) is 12.1 Å². The van der Waals surface area contributed by atoms with E-state index in [-0.39, 0.29) is 30.3 Å². The van der Waals surface area contributed by atoms with Crippen LogP contribution in [-0.2, 0) is 22.5 Å². The number of carbonyl (C=O) groups excluding carboxylic acids is 1. The first-order chi connectivity index (χ1) is 16.1. The summed E-state index contributed by atoms with van der Waals surface area (Å²) < 4.78 is 47.0. The monoisotopic (exact) mass is 568 g/mol. The van der Waals surface area contributed by atoms with Crippen molar-refractivity contribution in [1.29, 1.82) is 0 Å². The molecular formula is C20H28N2O9S4. The fourth-order valence-electron chi connectivity index (χ4n) is 1.84. The van der Waals surface area contributed by atoms with Crippen molar-refractivity contribution in [3.8, 4) is 0 Å². The average molecular weight is 569 g/mol. The minimum atomic E-state index is -3.08. The number of nitrogen functional groups attached to an aromatic ring is 2. The second-order valence-electron chi connectivity index (χ2n) is 6.46. The van der Waals surface area contributed by atoms with Crippen LogP contribution in [0.15, 0.2) is 48.5 Å². The number of rotatable bonds is 9. The van der Waals surface area contributed by atoms with E-state index >= 15 is 0 Å². The Morgan fingerprint density at radius 1 is 0.800 bits per heavy atom. The molecule has 2 aromatic carbocycles. The lowest BCUT2D eigenvalue weighted by Gasteiger charge is -2.04. The molecule has 0 bridgehead atoms. The van der Waals surface area contributed by atoms with Crippen molar-refractivity contribution < 1.29 is 41.4 Å². The van der Waals surface area contributed by atoms with E-state index < -0.39 is 29.7 Å². The SMILES string of the molecule is CS(=O)(=O)SCCO.CS(=O)(=O)SCCOC(=O)c1ccc(N)cc1.Nc1ccc(C(=O)O)cc1. The number of nitrogens with two attached hydrogens (primary N) is 2. The van der Waals surface area contributed by atoms with Gasteiger partial charge in [0.2, 0.25) is 0 Å². The number of esters is 1. The lowest BCUT2D eigenvalue weighted by Crippen LogP contribution is -2.08. The molecule has 0 heterocycles. The summed E-state index contributed by atoms with van der Waals surface area (Å²) in [7, 11) is -4.51. The zero-order valence-corrected chi connectivity index (χ0v) is 22.3. The molecule has 35 heavy (non-hydrogen) atoms. The van der Waals surface area contributed by atoms with Crippen molar-refractivity contribution in [3.05, 3.63) is 59.7 Å². The molecule has 0 radical (unpaired) electrons. The highest BCUT2D eigenvalue weighted by Gasteiger charge is 2.08. The number of aromatic carboxylic acids is 1. The van der Waals surface area contributed by atoms with Gasteiger partial charge >= 0.3 is 11.9 Å². The van der Waals surface area contributed by atoms with Crippen molar-refractivity contribution in [2.24, 2.45) is 0 Å². The molecule has 11 nitrogen and oxygen atoms in total. The Balaban J connectivity index is 0.000000545. The number of carboxylic acids is 1. The van der Waals surface area contributed by atoms with Gasteiger partial charge in [0.15, 0.2) is 17.7 Å². The zero-order chi connectivity index (χ0) is 27.1. The standard InChI is InChI=1S/C10H13NO4S2.C7H7NO2.C3H8O3S2/c1-17(13,14)16-7-6-15-10(12)8-2-4-9(11)5-3-8;8-6-3-1-5(2-4-6)7(9)10;1-8(5,6)7-3-2-4/h2-5H,6-7,11H2,1H3;1-4H,8H2,(H,9,10);4H,2-3H2,1H3. The third-order valence-corrected chi connectivity index (χ3v) is 8.41. The maximum absolute atomic E-state index is 11.5. The molecule has 0 saturated heterocycles. The van der Waals surface area contributed by atoms with Gasteiger partial charge < -0.3 is 26.4 Å². The molecular weight excluding hydrogens is 540 g/mol. The number of carboxylic acid groups (broad SMARTS) is 1. The second kappa shape index (κ2) is 16.3. The van der Waals surface area contributed by atoms with Crippen molar-refractivity contribution in [3.63, 3.8) is 0 Å². The van der Waals surface area contributed by atoms with Crippen LogP contribution in [0.1, 0.15) is 20.7 Å². The molecule has 0 spiro atoms. The molecule has 2 rings (SSSR count). The van der Waals surface area contributed by atoms with Gasteiger partial charge in [-0.1, -0.05) is 0 Å². The van der Waals surface area contributed by atoms with Crippen LogP contribution in [0, 0.1) is 0 Å². The fourth-order valence-corrected chi connectivity index (χ4v) is 4.91. The van der Waals surface area contributed by atoms with Gasteiger partial charge in [-0.15, -0.1) is 0 Å².